The maximum atomic E-state index is 11.4. The van der Waals surface area contributed by atoms with E-state index in [0.29, 0.717) is 5.88 Å². The maximum absolute atomic E-state index is 11.4. The van der Waals surface area contributed by atoms with Gasteiger partial charge in [0.25, 0.3) is 0 Å². The molecule has 0 atom stereocenters. The number of piperazine rings is 1. The zero-order valence-electron chi connectivity index (χ0n) is 7.62. The molecule has 0 radical (unpaired) electrons. The standard InChI is InChI=1S/C7H14IN3OS/c1-10-2-4-11(5-3-10)7(12)9-6-13-8/h2-6H2,1H3,(H,9,12). The number of hydrogen-bond donors (Lipinski definition) is 1. The molecule has 1 rings (SSSR count). The molecule has 1 heterocycles. The number of rotatable bonds is 2. The van der Waals surface area contributed by atoms with Crippen molar-refractivity contribution in [2.24, 2.45) is 0 Å². The molecule has 1 fully saturated rings. The van der Waals surface area contributed by atoms with E-state index in [2.05, 4.69) is 38.5 Å². The number of amides is 2. The van der Waals surface area contributed by atoms with E-state index in [1.165, 1.54) is 0 Å². The van der Waals surface area contributed by atoms with E-state index in [9.17, 15) is 4.79 Å². The third-order valence-electron chi connectivity index (χ3n) is 2.07. The SMILES string of the molecule is CN1CCN(C(=O)NCSI)CC1. The number of likely N-dealkylation sites (N-methyl/N-ethyl adjacent to an activating group) is 1. The van der Waals surface area contributed by atoms with Gasteiger partial charge in [-0.3, -0.25) is 0 Å². The summed E-state index contributed by atoms with van der Waals surface area (Å²) >= 11 is 2.17. The average Bonchev–Trinajstić information content (AvgIpc) is 2.15. The van der Waals surface area contributed by atoms with Gasteiger partial charge in [-0.1, -0.05) is 8.93 Å². The molecule has 0 saturated carbocycles. The van der Waals surface area contributed by atoms with E-state index < -0.39 is 0 Å². The van der Waals surface area contributed by atoms with Gasteiger partial charge in [-0.25, -0.2) is 4.79 Å². The van der Waals surface area contributed by atoms with Gasteiger partial charge < -0.3 is 15.1 Å². The predicted molar refractivity (Wildman–Crippen MR) is 64.1 cm³/mol. The van der Waals surface area contributed by atoms with Gasteiger partial charge in [0.2, 0.25) is 0 Å². The first kappa shape index (κ1) is 11.4. The van der Waals surface area contributed by atoms with Gasteiger partial charge in [-0.15, -0.1) is 0 Å². The van der Waals surface area contributed by atoms with Gasteiger partial charge in [0.15, 0.2) is 0 Å². The first-order chi connectivity index (χ1) is 6.24. The molecule has 0 aliphatic carbocycles. The van der Waals surface area contributed by atoms with Crippen LogP contribution in [0.1, 0.15) is 0 Å². The van der Waals surface area contributed by atoms with Crippen LogP contribution in [-0.4, -0.2) is 54.9 Å². The van der Waals surface area contributed by atoms with Crippen LogP contribution in [0.15, 0.2) is 0 Å². The van der Waals surface area contributed by atoms with Crippen LogP contribution in [0.2, 0.25) is 0 Å². The Labute approximate surface area is 95.0 Å². The van der Waals surface area contributed by atoms with Crippen LogP contribution in [0, 0.1) is 0 Å². The first-order valence-corrected chi connectivity index (χ1v) is 7.71. The number of urea groups is 1. The molecule has 0 unspecified atom stereocenters. The summed E-state index contributed by atoms with van der Waals surface area (Å²) < 4.78 is 0. The molecule has 13 heavy (non-hydrogen) atoms. The second kappa shape index (κ2) is 5.92. The normalized spacial score (nSPS) is 18.8. The lowest BCUT2D eigenvalue weighted by molar-refractivity contribution is 0.155. The van der Waals surface area contributed by atoms with E-state index >= 15 is 0 Å². The summed E-state index contributed by atoms with van der Waals surface area (Å²) in [6.07, 6.45) is 0. The van der Waals surface area contributed by atoms with Crippen molar-refractivity contribution in [2.45, 2.75) is 0 Å². The molecular weight excluding hydrogens is 301 g/mol. The Morgan fingerprint density at radius 2 is 2.08 bits per heavy atom. The fourth-order valence-electron chi connectivity index (χ4n) is 1.21. The average molecular weight is 315 g/mol. The van der Waals surface area contributed by atoms with Gasteiger partial charge >= 0.3 is 6.03 Å². The molecular formula is C7H14IN3OS. The quantitative estimate of drug-likeness (QED) is 0.610. The second-order valence-corrected chi connectivity index (χ2v) is 5.40. The topological polar surface area (TPSA) is 35.6 Å². The van der Waals surface area contributed by atoms with Crippen molar-refractivity contribution in [3.8, 4) is 0 Å². The van der Waals surface area contributed by atoms with E-state index in [4.69, 9.17) is 0 Å². The summed E-state index contributed by atoms with van der Waals surface area (Å²) in [5, 5.41) is 2.84. The van der Waals surface area contributed by atoms with Gasteiger partial charge in [0, 0.05) is 26.2 Å². The van der Waals surface area contributed by atoms with Crippen molar-refractivity contribution in [1.82, 2.24) is 15.1 Å². The molecule has 1 aliphatic heterocycles. The summed E-state index contributed by atoms with van der Waals surface area (Å²) in [5.74, 6) is 0.686. The molecule has 0 spiro atoms. The fraction of sp³-hybridized carbons (Fsp3) is 0.857. The minimum atomic E-state index is 0.0669. The van der Waals surface area contributed by atoms with Crippen LogP contribution in [0.4, 0.5) is 4.79 Å². The number of nitrogens with one attached hydrogen (secondary N) is 1. The molecule has 0 aromatic rings. The Bertz CT molecular complexity index is 173. The number of carbonyl (C=O) groups excluding carboxylic acids is 1. The van der Waals surface area contributed by atoms with Crippen molar-refractivity contribution < 1.29 is 4.79 Å². The van der Waals surface area contributed by atoms with Crippen LogP contribution in [-0.2, 0) is 0 Å². The molecule has 1 N–H and O–H groups in total. The van der Waals surface area contributed by atoms with Gasteiger partial charge in [-0.2, -0.15) is 0 Å². The highest BCUT2D eigenvalue weighted by Crippen LogP contribution is 2.08. The highest BCUT2D eigenvalue weighted by Gasteiger charge is 2.17. The molecule has 2 amide bonds. The number of hydrogen-bond acceptors (Lipinski definition) is 3. The minimum absolute atomic E-state index is 0.0669. The predicted octanol–water partition coefficient (Wildman–Crippen LogP) is 0.984. The first-order valence-electron chi connectivity index (χ1n) is 4.19. The van der Waals surface area contributed by atoms with Crippen LogP contribution >= 0.6 is 30.1 Å². The van der Waals surface area contributed by atoms with Crippen LogP contribution in [0.3, 0.4) is 0 Å². The number of carbonyl (C=O) groups is 1. The molecule has 1 saturated heterocycles. The van der Waals surface area contributed by atoms with E-state index in [1.54, 1.807) is 8.93 Å². The summed E-state index contributed by atoms with van der Waals surface area (Å²) in [4.78, 5) is 15.5. The lowest BCUT2D eigenvalue weighted by Gasteiger charge is -2.32. The van der Waals surface area contributed by atoms with Crippen LogP contribution < -0.4 is 5.32 Å². The Balaban J connectivity index is 2.23. The Hall–Kier alpha value is 0.310. The van der Waals surface area contributed by atoms with Crippen LogP contribution in [0.5, 0.6) is 0 Å². The minimum Gasteiger partial charge on any atom is -0.328 e. The molecule has 4 nitrogen and oxygen atoms in total. The van der Waals surface area contributed by atoms with E-state index in [-0.39, 0.29) is 6.03 Å². The van der Waals surface area contributed by atoms with Crippen molar-refractivity contribution >= 4 is 36.2 Å². The largest absolute Gasteiger partial charge is 0.328 e. The molecule has 6 heteroatoms. The third-order valence-corrected chi connectivity index (χ3v) is 3.26. The zero-order chi connectivity index (χ0) is 9.68. The molecule has 0 bridgehead atoms. The zero-order valence-corrected chi connectivity index (χ0v) is 10.6. The summed E-state index contributed by atoms with van der Waals surface area (Å²) in [6.45, 7) is 3.64. The van der Waals surface area contributed by atoms with Gasteiger partial charge in [0.1, 0.15) is 0 Å². The van der Waals surface area contributed by atoms with Crippen molar-refractivity contribution in [1.29, 1.82) is 0 Å². The third kappa shape index (κ3) is 3.90. The fourth-order valence-corrected chi connectivity index (χ4v) is 1.86. The van der Waals surface area contributed by atoms with E-state index in [0.717, 1.165) is 26.2 Å². The Kier molecular flexibility index (Phi) is 5.18. The molecule has 1 aliphatic rings. The smallest absolute Gasteiger partial charge is 0.318 e. The molecule has 76 valence electrons. The monoisotopic (exact) mass is 315 g/mol. The Morgan fingerprint density at radius 3 is 2.62 bits per heavy atom. The second-order valence-electron chi connectivity index (χ2n) is 3.03. The molecule has 0 aromatic carbocycles. The summed E-state index contributed by atoms with van der Waals surface area (Å²) in [5.41, 5.74) is 0. The number of nitrogens with zero attached hydrogens (tertiary/aromatic N) is 2. The summed E-state index contributed by atoms with van der Waals surface area (Å²) in [6, 6.07) is 0.0669. The van der Waals surface area contributed by atoms with Gasteiger partial charge in [0.05, 0.1) is 5.88 Å². The molecule has 0 aromatic heterocycles. The summed E-state index contributed by atoms with van der Waals surface area (Å²) in [7, 11) is 3.67. The van der Waals surface area contributed by atoms with Crippen molar-refractivity contribution in [3.63, 3.8) is 0 Å². The van der Waals surface area contributed by atoms with Crippen molar-refractivity contribution in [3.05, 3.63) is 0 Å². The lowest BCUT2D eigenvalue weighted by atomic mass is 10.3. The highest BCUT2D eigenvalue weighted by molar-refractivity contribution is 14.2. The van der Waals surface area contributed by atoms with Gasteiger partial charge in [-0.05, 0) is 28.3 Å². The highest BCUT2D eigenvalue weighted by atomic mass is 127. The van der Waals surface area contributed by atoms with Crippen LogP contribution in [0.25, 0.3) is 0 Å². The van der Waals surface area contributed by atoms with Crippen molar-refractivity contribution in [2.75, 3.05) is 39.1 Å². The maximum Gasteiger partial charge on any atom is 0.318 e. The lowest BCUT2D eigenvalue weighted by Crippen LogP contribution is -2.50. The van der Waals surface area contributed by atoms with E-state index in [1.807, 2.05) is 4.90 Å². The number of halogens is 1. The Morgan fingerprint density at radius 1 is 1.46 bits per heavy atom.